The predicted molar refractivity (Wildman–Crippen MR) is 103 cm³/mol. The van der Waals surface area contributed by atoms with Crippen LogP contribution < -0.4 is 15.8 Å². The molecule has 0 saturated carbocycles. The van der Waals surface area contributed by atoms with Crippen LogP contribution in [0.1, 0.15) is 11.1 Å². The number of methoxy groups -OCH3 is 1. The molecule has 0 aliphatic heterocycles. The van der Waals surface area contributed by atoms with Gasteiger partial charge in [0.1, 0.15) is 5.75 Å². The van der Waals surface area contributed by atoms with E-state index in [9.17, 15) is 13.2 Å². The summed E-state index contributed by atoms with van der Waals surface area (Å²) in [7, 11) is -2.08. The fourth-order valence-corrected chi connectivity index (χ4v) is 2.44. The summed E-state index contributed by atoms with van der Waals surface area (Å²) in [5, 5.41) is 13.2. The molecular weight excluding hydrogens is 378 g/mol. The lowest BCUT2D eigenvalue weighted by Crippen LogP contribution is -2.36. The van der Waals surface area contributed by atoms with Gasteiger partial charge in [-0.2, -0.15) is 19.8 Å². The number of nitrogens with one attached hydrogen (secondary N) is 2. The molecule has 140 valence electrons. The number of nitrogens with two attached hydrogens (primary N) is 1. The highest BCUT2D eigenvalue weighted by Crippen LogP contribution is 2.23. The minimum Gasteiger partial charge on any atom is -0.497 e. The maximum Gasteiger partial charge on any atom is 0.261 e. The van der Waals surface area contributed by atoms with Gasteiger partial charge in [0.25, 0.3) is 16.0 Å². The first-order valence-corrected chi connectivity index (χ1v) is 9.85. The van der Waals surface area contributed by atoms with Gasteiger partial charge in [-0.15, -0.1) is 0 Å². The van der Waals surface area contributed by atoms with Crippen molar-refractivity contribution in [3.05, 3.63) is 52.2 Å². The predicted octanol–water partition coefficient (Wildman–Crippen LogP) is 1.81. The van der Waals surface area contributed by atoms with Crippen molar-refractivity contribution in [3.63, 3.8) is 0 Å². The van der Waals surface area contributed by atoms with Crippen LogP contribution in [-0.2, 0) is 14.9 Å². The SMILES string of the molecule is COc1cccc(/C=C(/C(=O)NC(=N)N)c2ccsc2)c1.CS(=O)(=O)O. The molecule has 0 aliphatic carbocycles. The summed E-state index contributed by atoms with van der Waals surface area (Å²) in [6.07, 6.45) is 2.45. The molecule has 10 heteroatoms. The molecule has 0 aliphatic rings. The number of benzene rings is 1. The van der Waals surface area contributed by atoms with Crippen molar-refractivity contribution in [2.45, 2.75) is 0 Å². The summed E-state index contributed by atoms with van der Waals surface area (Å²) < 4.78 is 31.0. The third-order valence-electron chi connectivity index (χ3n) is 2.73. The molecule has 0 bridgehead atoms. The molecule has 5 N–H and O–H groups in total. The van der Waals surface area contributed by atoms with Gasteiger partial charge < -0.3 is 10.5 Å². The smallest absolute Gasteiger partial charge is 0.261 e. The maximum atomic E-state index is 12.2. The molecule has 0 fully saturated rings. The van der Waals surface area contributed by atoms with Crippen LogP contribution in [0.3, 0.4) is 0 Å². The van der Waals surface area contributed by atoms with Gasteiger partial charge >= 0.3 is 0 Å². The van der Waals surface area contributed by atoms with Gasteiger partial charge in [-0.3, -0.25) is 20.1 Å². The summed E-state index contributed by atoms with van der Waals surface area (Å²) in [5.41, 5.74) is 7.28. The zero-order valence-corrected chi connectivity index (χ0v) is 15.7. The van der Waals surface area contributed by atoms with E-state index in [2.05, 4.69) is 5.32 Å². The van der Waals surface area contributed by atoms with E-state index in [1.54, 1.807) is 13.2 Å². The first-order valence-electron chi connectivity index (χ1n) is 7.06. The molecule has 0 radical (unpaired) electrons. The van der Waals surface area contributed by atoms with E-state index in [-0.39, 0.29) is 5.96 Å². The second-order valence-corrected chi connectivity index (χ2v) is 7.19. The van der Waals surface area contributed by atoms with Crippen LogP contribution in [0.2, 0.25) is 0 Å². The van der Waals surface area contributed by atoms with Crippen LogP contribution in [0.5, 0.6) is 5.75 Å². The van der Waals surface area contributed by atoms with Crippen molar-refractivity contribution in [1.82, 2.24) is 5.32 Å². The Hall–Kier alpha value is -2.69. The van der Waals surface area contributed by atoms with Gasteiger partial charge in [-0.05, 0) is 46.2 Å². The van der Waals surface area contributed by atoms with Crippen LogP contribution in [0.25, 0.3) is 11.6 Å². The number of guanidine groups is 1. The lowest BCUT2D eigenvalue weighted by Gasteiger charge is -2.07. The first kappa shape index (κ1) is 21.4. The summed E-state index contributed by atoms with van der Waals surface area (Å²) in [6, 6.07) is 9.22. The summed E-state index contributed by atoms with van der Waals surface area (Å²) in [5.74, 6) is -0.0871. The number of hydrogen-bond donors (Lipinski definition) is 4. The second-order valence-electron chi connectivity index (χ2n) is 4.95. The van der Waals surface area contributed by atoms with Crippen LogP contribution in [0.4, 0.5) is 0 Å². The quantitative estimate of drug-likeness (QED) is 0.268. The normalized spacial score (nSPS) is 11.1. The highest BCUT2D eigenvalue weighted by atomic mass is 32.2. The molecule has 26 heavy (non-hydrogen) atoms. The highest BCUT2D eigenvalue weighted by molar-refractivity contribution is 7.85. The third-order valence-corrected chi connectivity index (χ3v) is 3.41. The fourth-order valence-electron chi connectivity index (χ4n) is 1.79. The zero-order chi connectivity index (χ0) is 19.7. The Morgan fingerprint density at radius 1 is 1.38 bits per heavy atom. The number of thiophene rings is 1. The molecule has 0 unspecified atom stereocenters. The zero-order valence-electron chi connectivity index (χ0n) is 14.1. The Balaban J connectivity index is 0.000000597. The average Bonchev–Trinajstić information content (AvgIpc) is 3.04. The lowest BCUT2D eigenvalue weighted by atomic mass is 10.0. The largest absolute Gasteiger partial charge is 0.497 e. The van der Waals surface area contributed by atoms with Gasteiger partial charge in [-0.25, -0.2) is 0 Å². The van der Waals surface area contributed by atoms with Crippen molar-refractivity contribution in [1.29, 1.82) is 5.41 Å². The van der Waals surface area contributed by atoms with E-state index < -0.39 is 16.0 Å². The minimum absolute atomic E-state index is 0.383. The van der Waals surface area contributed by atoms with E-state index >= 15 is 0 Å². The van der Waals surface area contributed by atoms with Crippen LogP contribution in [0.15, 0.2) is 41.1 Å². The highest BCUT2D eigenvalue weighted by Gasteiger charge is 2.13. The monoisotopic (exact) mass is 397 g/mol. The molecule has 2 rings (SSSR count). The standard InChI is InChI=1S/C15H15N3O2S.CH4O3S/c1-20-12-4-2-3-10(7-12)8-13(11-5-6-21-9-11)14(19)18-15(16)17;1-5(2,3)4/h2-9H,1H3,(H4,16,17,18,19);1H3,(H,2,3,4)/b13-8+;. The van der Waals surface area contributed by atoms with Crippen LogP contribution in [-0.4, -0.2) is 38.2 Å². The molecular formula is C16H19N3O5S2. The number of carbonyl (C=O) groups is 1. The van der Waals surface area contributed by atoms with Crippen molar-refractivity contribution in [2.75, 3.05) is 13.4 Å². The Kier molecular flexibility index (Phi) is 7.97. The fraction of sp³-hybridized carbons (Fsp3) is 0.125. The van der Waals surface area contributed by atoms with Crippen LogP contribution in [0, 0.1) is 5.41 Å². The maximum absolute atomic E-state index is 12.2. The summed E-state index contributed by atoms with van der Waals surface area (Å²) >= 11 is 1.49. The average molecular weight is 397 g/mol. The lowest BCUT2D eigenvalue weighted by molar-refractivity contribution is -0.114. The van der Waals surface area contributed by atoms with Gasteiger partial charge in [-0.1, -0.05) is 12.1 Å². The van der Waals surface area contributed by atoms with Crippen molar-refractivity contribution in [3.8, 4) is 5.75 Å². The summed E-state index contributed by atoms with van der Waals surface area (Å²) in [6.45, 7) is 0. The van der Waals surface area contributed by atoms with Crippen molar-refractivity contribution >= 4 is 45.0 Å². The van der Waals surface area contributed by atoms with Gasteiger partial charge in [0.05, 0.1) is 13.4 Å². The Morgan fingerprint density at radius 3 is 2.54 bits per heavy atom. The van der Waals surface area contributed by atoms with Crippen molar-refractivity contribution < 1.29 is 22.5 Å². The molecule has 1 aromatic carbocycles. The molecule has 1 heterocycles. The first-order chi connectivity index (χ1) is 12.1. The molecule has 2 aromatic rings. The van der Waals surface area contributed by atoms with E-state index in [0.29, 0.717) is 17.6 Å². The Morgan fingerprint density at radius 2 is 2.04 bits per heavy atom. The number of amides is 1. The van der Waals surface area contributed by atoms with E-state index in [4.69, 9.17) is 20.4 Å². The number of hydrogen-bond acceptors (Lipinski definition) is 6. The van der Waals surface area contributed by atoms with Gasteiger partial charge in [0.15, 0.2) is 5.96 Å². The third kappa shape index (κ3) is 8.42. The Labute approximate surface area is 155 Å². The molecule has 0 saturated heterocycles. The van der Waals surface area contributed by atoms with Crippen molar-refractivity contribution in [2.24, 2.45) is 5.73 Å². The number of rotatable bonds is 4. The molecule has 1 amide bonds. The van der Waals surface area contributed by atoms with Gasteiger partial charge in [0.2, 0.25) is 0 Å². The number of ether oxygens (including phenoxy) is 1. The van der Waals surface area contributed by atoms with E-state index in [0.717, 1.165) is 11.1 Å². The molecule has 0 spiro atoms. The van der Waals surface area contributed by atoms with E-state index in [1.807, 2.05) is 41.1 Å². The van der Waals surface area contributed by atoms with E-state index in [1.165, 1.54) is 11.3 Å². The van der Waals surface area contributed by atoms with Gasteiger partial charge in [0, 0.05) is 5.57 Å². The minimum atomic E-state index is -3.67. The van der Waals surface area contributed by atoms with Crippen LogP contribution >= 0.6 is 11.3 Å². The Bertz CT molecular complexity index is 882. The number of carbonyl (C=O) groups excluding carboxylic acids is 1. The molecule has 8 nitrogen and oxygen atoms in total. The second kappa shape index (κ2) is 9.70. The molecule has 0 atom stereocenters. The summed E-state index contributed by atoms with van der Waals surface area (Å²) in [4.78, 5) is 12.2. The molecule has 1 aromatic heterocycles. The topological polar surface area (TPSA) is 143 Å².